The van der Waals surface area contributed by atoms with Gasteiger partial charge in [0.25, 0.3) is 0 Å². The predicted octanol–water partition coefficient (Wildman–Crippen LogP) is 6.74. The van der Waals surface area contributed by atoms with Gasteiger partial charge in [0.05, 0.1) is 12.5 Å². The van der Waals surface area contributed by atoms with Gasteiger partial charge in [-0.1, -0.05) is 111 Å². The van der Waals surface area contributed by atoms with Gasteiger partial charge < -0.3 is 20.1 Å². The number of ether oxygens (including phenoxy) is 1. The molecular formula is C28H52O7. The van der Waals surface area contributed by atoms with E-state index in [9.17, 15) is 29.7 Å². The van der Waals surface area contributed by atoms with Gasteiger partial charge in [-0.25, -0.2) is 4.79 Å². The molecule has 7 heteroatoms. The summed E-state index contributed by atoms with van der Waals surface area (Å²) in [6.07, 6.45) is 11.1. The molecule has 2 unspecified atom stereocenters. The minimum absolute atomic E-state index is 0.00600. The Hall–Kier alpha value is -1.63. The Morgan fingerprint density at radius 2 is 1.14 bits per heavy atom. The third-order valence-corrected chi connectivity index (χ3v) is 7.24. The van der Waals surface area contributed by atoms with Gasteiger partial charge in [-0.05, 0) is 25.7 Å². The lowest BCUT2D eigenvalue weighted by molar-refractivity contribution is -0.210. The number of carboxylic acids is 2. The molecule has 0 fully saturated rings. The fraction of sp³-hybridized carbons (Fsp3) is 0.893. The van der Waals surface area contributed by atoms with Crippen LogP contribution in [-0.4, -0.2) is 45.4 Å². The van der Waals surface area contributed by atoms with Gasteiger partial charge >= 0.3 is 17.9 Å². The van der Waals surface area contributed by atoms with Crippen molar-refractivity contribution in [1.29, 1.82) is 0 Å². The minimum atomic E-state index is -2.74. The van der Waals surface area contributed by atoms with Crippen LogP contribution in [0.1, 0.15) is 137 Å². The zero-order chi connectivity index (χ0) is 26.7. The number of carboxylic acid groups (broad SMARTS) is 2. The van der Waals surface area contributed by atoms with Crippen LogP contribution in [0.3, 0.4) is 0 Å². The normalized spacial score (nSPS) is 14.3. The number of aliphatic hydroxyl groups is 1. The van der Waals surface area contributed by atoms with Crippen molar-refractivity contribution in [3.8, 4) is 0 Å². The van der Waals surface area contributed by atoms with Crippen molar-refractivity contribution in [2.24, 2.45) is 11.3 Å². The van der Waals surface area contributed by atoms with Crippen LogP contribution in [0.5, 0.6) is 0 Å². The number of hydrogen-bond acceptors (Lipinski definition) is 5. The molecule has 3 N–H and O–H groups in total. The Morgan fingerprint density at radius 3 is 1.54 bits per heavy atom. The maximum absolute atomic E-state index is 13.7. The highest BCUT2D eigenvalue weighted by molar-refractivity contribution is 5.94. The average Bonchev–Trinajstić information content (AvgIpc) is 2.82. The summed E-state index contributed by atoms with van der Waals surface area (Å²) in [5.41, 5.74) is -4.55. The number of rotatable bonds is 23. The third-order valence-electron chi connectivity index (χ3n) is 7.24. The highest BCUT2D eigenvalue weighted by Crippen LogP contribution is 2.49. The summed E-state index contributed by atoms with van der Waals surface area (Å²) in [4.78, 5) is 38.9. The van der Waals surface area contributed by atoms with Crippen molar-refractivity contribution in [1.82, 2.24) is 0 Å². The van der Waals surface area contributed by atoms with E-state index >= 15 is 0 Å². The van der Waals surface area contributed by atoms with Gasteiger partial charge in [-0.15, -0.1) is 0 Å². The quantitative estimate of drug-likeness (QED) is 0.105. The molecule has 35 heavy (non-hydrogen) atoms. The monoisotopic (exact) mass is 500 g/mol. The van der Waals surface area contributed by atoms with E-state index < -0.39 is 34.8 Å². The second-order valence-corrected chi connectivity index (χ2v) is 10.0. The fourth-order valence-electron chi connectivity index (χ4n) is 4.99. The zero-order valence-corrected chi connectivity index (χ0v) is 22.8. The van der Waals surface area contributed by atoms with Gasteiger partial charge in [-0.2, -0.15) is 0 Å². The summed E-state index contributed by atoms with van der Waals surface area (Å²) in [7, 11) is 0. The van der Waals surface area contributed by atoms with Crippen LogP contribution in [0.2, 0.25) is 0 Å². The molecule has 0 saturated heterocycles. The van der Waals surface area contributed by atoms with Crippen molar-refractivity contribution in [2.75, 3.05) is 6.61 Å². The Kier molecular flexibility index (Phi) is 17.7. The van der Waals surface area contributed by atoms with Crippen molar-refractivity contribution >= 4 is 17.9 Å². The molecule has 0 rings (SSSR count). The number of unbranched alkanes of at least 4 members (excludes halogenated alkanes) is 10. The molecule has 0 aliphatic heterocycles. The summed E-state index contributed by atoms with van der Waals surface area (Å²) in [6.45, 7) is 8.24. The molecule has 0 aliphatic carbocycles. The van der Waals surface area contributed by atoms with Crippen molar-refractivity contribution in [2.45, 2.75) is 142 Å². The first kappa shape index (κ1) is 33.4. The third kappa shape index (κ3) is 10.1. The van der Waals surface area contributed by atoms with Crippen LogP contribution in [-0.2, 0) is 19.1 Å². The molecule has 0 aromatic heterocycles. The topological polar surface area (TPSA) is 121 Å². The van der Waals surface area contributed by atoms with Crippen molar-refractivity contribution in [3.05, 3.63) is 0 Å². The second-order valence-electron chi connectivity index (χ2n) is 10.0. The highest BCUT2D eigenvalue weighted by atomic mass is 16.5. The molecule has 0 bridgehead atoms. The molecule has 206 valence electrons. The molecule has 2 atom stereocenters. The number of aliphatic carboxylic acids is 2. The predicted molar refractivity (Wildman–Crippen MR) is 138 cm³/mol. The Balaban J connectivity index is 6.52. The summed E-state index contributed by atoms with van der Waals surface area (Å²) in [6, 6.07) is 0. The van der Waals surface area contributed by atoms with Crippen molar-refractivity contribution in [3.63, 3.8) is 0 Å². The standard InChI is InChI=1S/C28H52O7/c1-5-9-13-16-19-23(24(29)30)28(34,25(31)32)27(20-17-14-10-6-2,21-18-15-11-7-3)26(33)35-22-12-8-4/h23,34H,5-22H2,1-4H3,(H,29,30)(H,31,32). The molecule has 0 amide bonds. The summed E-state index contributed by atoms with van der Waals surface area (Å²) < 4.78 is 5.58. The van der Waals surface area contributed by atoms with E-state index in [1.807, 2.05) is 13.8 Å². The molecule has 0 aromatic rings. The number of carbonyl (C=O) groups excluding carboxylic acids is 1. The van der Waals surface area contributed by atoms with Crippen LogP contribution in [0.15, 0.2) is 0 Å². The van der Waals surface area contributed by atoms with Gasteiger partial charge in [0.2, 0.25) is 0 Å². The van der Waals surface area contributed by atoms with E-state index in [0.717, 1.165) is 64.2 Å². The summed E-state index contributed by atoms with van der Waals surface area (Å²) in [5, 5.41) is 32.5. The largest absolute Gasteiger partial charge is 0.481 e. The molecular weight excluding hydrogens is 448 g/mol. The van der Waals surface area contributed by atoms with Crippen LogP contribution >= 0.6 is 0 Å². The first-order valence-corrected chi connectivity index (χ1v) is 14.0. The van der Waals surface area contributed by atoms with Crippen LogP contribution in [0.4, 0.5) is 0 Å². The lowest BCUT2D eigenvalue weighted by atomic mass is 9.59. The smallest absolute Gasteiger partial charge is 0.337 e. The number of hydrogen-bond donors (Lipinski definition) is 3. The molecule has 0 radical (unpaired) electrons. The first-order valence-electron chi connectivity index (χ1n) is 14.0. The van der Waals surface area contributed by atoms with E-state index in [-0.39, 0.29) is 25.9 Å². The van der Waals surface area contributed by atoms with Crippen LogP contribution in [0, 0.1) is 11.3 Å². The van der Waals surface area contributed by atoms with Gasteiger partial charge in [0.15, 0.2) is 5.60 Å². The lowest BCUT2D eigenvalue weighted by Gasteiger charge is -2.45. The number of esters is 1. The molecule has 0 spiro atoms. The SMILES string of the molecule is CCCCCCC(C(=O)O)C(O)(C(=O)O)C(CCCCCC)(CCCCCC)C(=O)OCCCC. The maximum atomic E-state index is 13.7. The fourth-order valence-corrected chi connectivity index (χ4v) is 4.99. The zero-order valence-electron chi connectivity index (χ0n) is 22.8. The molecule has 0 saturated carbocycles. The van der Waals surface area contributed by atoms with E-state index in [1.165, 1.54) is 0 Å². The van der Waals surface area contributed by atoms with Gasteiger partial charge in [0.1, 0.15) is 5.41 Å². The van der Waals surface area contributed by atoms with E-state index in [0.29, 0.717) is 25.7 Å². The highest BCUT2D eigenvalue weighted by Gasteiger charge is 2.65. The maximum Gasteiger partial charge on any atom is 0.337 e. The minimum Gasteiger partial charge on any atom is -0.481 e. The molecule has 7 nitrogen and oxygen atoms in total. The Bertz CT molecular complexity index is 592. The van der Waals surface area contributed by atoms with Crippen LogP contribution < -0.4 is 0 Å². The molecule has 0 heterocycles. The van der Waals surface area contributed by atoms with E-state index in [4.69, 9.17) is 4.74 Å². The van der Waals surface area contributed by atoms with Crippen molar-refractivity contribution < 1.29 is 34.4 Å². The molecule has 0 aromatic carbocycles. The number of carbonyl (C=O) groups is 3. The Labute approximate surface area is 213 Å². The average molecular weight is 501 g/mol. The lowest BCUT2D eigenvalue weighted by Crippen LogP contribution is -2.64. The summed E-state index contributed by atoms with van der Waals surface area (Å²) in [5.74, 6) is -5.37. The Morgan fingerprint density at radius 1 is 0.686 bits per heavy atom. The van der Waals surface area contributed by atoms with Crippen LogP contribution in [0.25, 0.3) is 0 Å². The van der Waals surface area contributed by atoms with Gasteiger partial charge in [0, 0.05) is 0 Å². The first-order chi connectivity index (χ1) is 16.7. The molecule has 0 aliphatic rings. The second kappa shape index (κ2) is 18.6. The van der Waals surface area contributed by atoms with E-state index in [2.05, 4.69) is 13.8 Å². The van der Waals surface area contributed by atoms with Gasteiger partial charge in [-0.3, -0.25) is 9.59 Å². The van der Waals surface area contributed by atoms with E-state index in [1.54, 1.807) is 0 Å². The summed E-state index contributed by atoms with van der Waals surface area (Å²) >= 11 is 0.